The SMILES string of the molecule is CCCS(=O)(=O)NC1CN(c2ccc3c(c2)[C@H](Cc2ccccc2)[C@H](NC(=O)OCC)CO3)C1. The maximum absolute atomic E-state index is 12.2. The van der Waals surface area contributed by atoms with Crippen molar-refractivity contribution in [1.82, 2.24) is 10.0 Å². The number of sulfonamides is 1. The summed E-state index contributed by atoms with van der Waals surface area (Å²) in [6.07, 6.45) is 0.899. The Balaban J connectivity index is 1.53. The van der Waals surface area contributed by atoms with Crippen LogP contribution in [0, 0.1) is 0 Å². The number of amides is 1. The second kappa shape index (κ2) is 10.7. The Bertz CT molecular complexity index is 1090. The quantitative estimate of drug-likeness (QED) is 0.564. The first kappa shape index (κ1) is 24.3. The van der Waals surface area contributed by atoms with Crippen LogP contribution < -0.4 is 19.7 Å². The maximum Gasteiger partial charge on any atom is 0.407 e. The van der Waals surface area contributed by atoms with Crippen LogP contribution in [-0.2, 0) is 21.2 Å². The zero-order valence-corrected chi connectivity index (χ0v) is 20.5. The molecule has 2 N–H and O–H groups in total. The highest BCUT2D eigenvalue weighted by atomic mass is 32.2. The molecule has 4 rings (SSSR count). The number of nitrogens with one attached hydrogen (secondary N) is 2. The number of alkyl carbamates (subject to hydrolysis) is 1. The summed E-state index contributed by atoms with van der Waals surface area (Å²) in [5.41, 5.74) is 3.23. The van der Waals surface area contributed by atoms with Gasteiger partial charge in [-0.2, -0.15) is 0 Å². The molecule has 0 saturated carbocycles. The Morgan fingerprint density at radius 3 is 2.62 bits per heavy atom. The van der Waals surface area contributed by atoms with E-state index in [9.17, 15) is 13.2 Å². The summed E-state index contributed by atoms with van der Waals surface area (Å²) >= 11 is 0. The summed E-state index contributed by atoms with van der Waals surface area (Å²) in [5, 5.41) is 2.98. The van der Waals surface area contributed by atoms with Gasteiger partial charge in [-0.3, -0.25) is 0 Å². The van der Waals surface area contributed by atoms with E-state index in [1.165, 1.54) is 5.56 Å². The van der Waals surface area contributed by atoms with Gasteiger partial charge < -0.3 is 19.7 Å². The molecule has 0 aliphatic carbocycles. The van der Waals surface area contributed by atoms with Crippen molar-refractivity contribution in [2.75, 3.05) is 37.0 Å². The molecule has 2 atom stereocenters. The van der Waals surface area contributed by atoms with E-state index in [1.807, 2.05) is 37.3 Å². The van der Waals surface area contributed by atoms with Crippen molar-refractivity contribution in [3.63, 3.8) is 0 Å². The Hall–Kier alpha value is -2.78. The number of hydrogen-bond acceptors (Lipinski definition) is 6. The van der Waals surface area contributed by atoms with E-state index in [0.29, 0.717) is 32.7 Å². The van der Waals surface area contributed by atoms with Crippen molar-refractivity contribution in [2.24, 2.45) is 0 Å². The summed E-state index contributed by atoms with van der Waals surface area (Å²) < 4.78 is 38.0. The molecule has 34 heavy (non-hydrogen) atoms. The third-order valence-electron chi connectivity index (χ3n) is 6.24. The lowest BCUT2D eigenvalue weighted by Gasteiger charge is -2.42. The topological polar surface area (TPSA) is 97.0 Å². The molecule has 1 fully saturated rings. The maximum atomic E-state index is 12.2. The first-order valence-electron chi connectivity index (χ1n) is 11.9. The van der Waals surface area contributed by atoms with Gasteiger partial charge in [-0.1, -0.05) is 37.3 Å². The molecular formula is C25H33N3O5S. The van der Waals surface area contributed by atoms with Crippen LogP contribution in [0.2, 0.25) is 0 Å². The van der Waals surface area contributed by atoms with E-state index < -0.39 is 16.1 Å². The van der Waals surface area contributed by atoms with Gasteiger partial charge in [0, 0.05) is 30.3 Å². The predicted octanol–water partition coefficient (Wildman–Crippen LogP) is 3.04. The monoisotopic (exact) mass is 487 g/mol. The van der Waals surface area contributed by atoms with Gasteiger partial charge in [0.25, 0.3) is 0 Å². The molecule has 1 saturated heterocycles. The van der Waals surface area contributed by atoms with Gasteiger partial charge in [-0.15, -0.1) is 0 Å². The van der Waals surface area contributed by atoms with Crippen molar-refractivity contribution in [3.8, 4) is 5.75 Å². The van der Waals surface area contributed by atoms with Crippen molar-refractivity contribution < 1.29 is 22.7 Å². The molecule has 9 heteroatoms. The first-order chi connectivity index (χ1) is 16.4. The van der Waals surface area contributed by atoms with E-state index in [0.717, 1.165) is 23.4 Å². The third-order valence-corrected chi connectivity index (χ3v) is 7.88. The van der Waals surface area contributed by atoms with Gasteiger partial charge in [-0.25, -0.2) is 17.9 Å². The minimum Gasteiger partial charge on any atom is -0.491 e. The lowest BCUT2D eigenvalue weighted by Crippen LogP contribution is -2.59. The summed E-state index contributed by atoms with van der Waals surface area (Å²) in [5.74, 6) is 0.971. The Kier molecular flexibility index (Phi) is 7.63. The molecule has 1 amide bonds. The molecule has 0 bridgehead atoms. The molecule has 2 aliphatic heterocycles. The average molecular weight is 488 g/mol. The highest BCUT2D eigenvalue weighted by molar-refractivity contribution is 7.89. The van der Waals surface area contributed by atoms with Gasteiger partial charge in [0.1, 0.15) is 12.4 Å². The second-order valence-corrected chi connectivity index (χ2v) is 10.7. The second-order valence-electron chi connectivity index (χ2n) is 8.84. The highest BCUT2D eigenvalue weighted by Gasteiger charge is 2.35. The Morgan fingerprint density at radius 1 is 1.15 bits per heavy atom. The molecule has 2 aromatic rings. The summed E-state index contributed by atoms with van der Waals surface area (Å²) in [6.45, 7) is 5.56. The number of carbonyl (C=O) groups excluding carboxylic acids is 1. The number of fused-ring (bicyclic) bond motifs is 1. The van der Waals surface area contributed by atoms with Crippen molar-refractivity contribution in [3.05, 3.63) is 59.7 Å². The number of nitrogens with zero attached hydrogens (tertiary/aromatic N) is 1. The minimum atomic E-state index is -3.23. The minimum absolute atomic E-state index is 0.00985. The number of rotatable bonds is 9. The Morgan fingerprint density at radius 2 is 1.91 bits per heavy atom. The van der Waals surface area contributed by atoms with E-state index in [1.54, 1.807) is 6.92 Å². The fraction of sp³-hybridized carbons (Fsp3) is 0.480. The van der Waals surface area contributed by atoms with Crippen LogP contribution in [0.1, 0.15) is 37.3 Å². The molecule has 0 aromatic heterocycles. The molecule has 8 nitrogen and oxygen atoms in total. The lowest BCUT2D eigenvalue weighted by molar-refractivity contribution is 0.135. The van der Waals surface area contributed by atoms with Gasteiger partial charge in [0.05, 0.1) is 24.4 Å². The molecule has 0 spiro atoms. The average Bonchev–Trinajstić information content (AvgIpc) is 2.78. The summed E-state index contributed by atoms with van der Waals surface area (Å²) in [6, 6.07) is 16.0. The number of hydrogen-bond donors (Lipinski definition) is 2. The largest absolute Gasteiger partial charge is 0.491 e. The van der Waals surface area contributed by atoms with Gasteiger partial charge in [0.15, 0.2) is 0 Å². The van der Waals surface area contributed by atoms with E-state index in [-0.39, 0.29) is 23.8 Å². The van der Waals surface area contributed by atoms with Crippen molar-refractivity contribution >= 4 is 21.8 Å². The van der Waals surface area contributed by atoms with Crippen molar-refractivity contribution in [1.29, 1.82) is 0 Å². The molecule has 0 radical (unpaired) electrons. The zero-order chi connectivity index (χ0) is 24.1. The fourth-order valence-corrected chi connectivity index (χ4v) is 5.91. The molecule has 184 valence electrons. The highest BCUT2D eigenvalue weighted by Crippen LogP contribution is 2.39. The number of ether oxygens (including phenoxy) is 2. The molecule has 2 aliphatic rings. The molecule has 2 aromatic carbocycles. The number of benzene rings is 2. The van der Waals surface area contributed by atoms with E-state index in [4.69, 9.17) is 9.47 Å². The molecule has 0 unspecified atom stereocenters. The zero-order valence-electron chi connectivity index (χ0n) is 19.7. The van der Waals surface area contributed by atoms with Crippen LogP contribution in [0.4, 0.5) is 10.5 Å². The van der Waals surface area contributed by atoms with Crippen LogP contribution in [0.25, 0.3) is 0 Å². The lowest BCUT2D eigenvalue weighted by atomic mass is 9.83. The van der Waals surface area contributed by atoms with Crippen LogP contribution >= 0.6 is 0 Å². The van der Waals surface area contributed by atoms with Crippen LogP contribution in [-0.4, -0.2) is 58.7 Å². The van der Waals surface area contributed by atoms with Gasteiger partial charge in [-0.05, 0) is 43.5 Å². The Labute approximate surface area is 201 Å². The van der Waals surface area contributed by atoms with Crippen LogP contribution in [0.3, 0.4) is 0 Å². The molecule has 2 heterocycles. The van der Waals surface area contributed by atoms with Crippen LogP contribution in [0.5, 0.6) is 5.75 Å². The summed E-state index contributed by atoms with van der Waals surface area (Å²) in [7, 11) is -3.23. The fourth-order valence-electron chi connectivity index (χ4n) is 4.60. The van der Waals surface area contributed by atoms with Gasteiger partial charge >= 0.3 is 6.09 Å². The van der Waals surface area contributed by atoms with Gasteiger partial charge in [0.2, 0.25) is 10.0 Å². The van der Waals surface area contributed by atoms with E-state index >= 15 is 0 Å². The first-order valence-corrected chi connectivity index (χ1v) is 13.5. The van der Waals surface area contributed by atoms with Crippen LogP contribution in [0.15, 0.2) is 48.5 Å². The predicted molar refractivity (Wildman–Crippen MR) is 132 cm³/mol. The number of carbonyl (C=O) groups is 1. The molecular weight excluding hydrogens is 454 g/mol. The normalized spacial score (nSPS) is 20.1. The summed E-state index contributed by atoms with van der Waals surface area (Å²) in [4.78, 5) is 14.3. The standard InChI is InChI=1S/C25H33N3O5S/c1-3-12-34(30,31)27-19-15-28(16-19)20-10-11-24-22(14-20)21(13-18-8-6-5-7-9-18)23(17-33-24)26-25(29)32-4-2/h5-11,14,19,21,23,27H,3-4,12-13,15-17H2,1-2H3,(H,26,29)/t21-,23+/m0/s1. The van der Waals surface area contributed by atoms with E-state index in [2.05, 4.69) is 33.1 Å². The van der Waals surface area contributed by atoms with Crippen molar-refractivity contribution in [2.45, 2.75) is 44.7 Å². The smallest absolute Gasteiger partial charge is 0.407 e. The third kappa shape index (κ3) is 5.82. The number of anilines is 1.